The van der Waals surface area contributed by atoms with E-state index in [-0.39, 0.29) is 33.8 Å². The van der Waals surface area contributed by atoms with Gasteiger partial charge in [-0.05, 0) is 30.3 Å². The van der Waals surface area contributed by atoms with E-state index in [0.29, 0.717) is 31.9 Å². The molecular weight excluding hydrogens is 507 g/mol. The number of morpholine rings is 1. The van der Waals surface area contributed by atoms with Crippen LogP contribution in [0.2, 0.25) is 10.0 Å². The van der Waals surface area contributed by atoms with Gasteiger partial charge in [-0.3, -0.25) is 19.7 Å². The molecular formula is C25H20Cl2N4O5. The molecule has 184 valence electrons. The number of halogens is 2. The molecule has 2 aliphatic heterocycles. The van der Waals surface area contributed by atoms with E-state index in [1.165, 1.54) is 24.3 Å². The molecule has 5 amide bonds. The molecule has 36 heavy (non-hydrogen) atoms. The van der Waals surface area contributed by atoms with E-state index in [1.54, 1.807) is 15.7 Å². The van der Waals surface area contributed by atoms with Gasteiger partial charge < -0.3 is 14.2 Å². The normalized spacial score (nSPS) is 17.7. The summed E-state index contributed by atoms with van der Waals surface area (Å²) in [6, 6.07) is 10.8. The standard InChI is InChI=1S/C25H20Cl2N4O5/c26-19-6-5-16(12-20(19)27)31-24(34)18(23(33)28-25(31)35)11-15-13-30(21-4-2-1-3-17(15)21)14-22(32)29-7-9-36-10-8-29/h1-6,11-13H,7-10,14H2,(H,28,33,35)/b18-11+. The fourth-order valence-corrected chi connectivity index (χ4v) is 4.54. The van der Waals surface area contributed by atoms with E-state index in [4.69, 9.17) is 27.9 Å². The number of ether oxygens (including phenoxy) is 1. The van der Waals surface area contributed by atoms with Crippen LogP contribution in [0.4, 0.5) is 10.5 Å². The van der Waals surface area contributed by atoms with Gasteiger partial charge in [-0.2, -0.15) is 0 Å². The van der Waals surface area contributed by atoms with E-state index in [0.717, 1.165) is 15.8 Å². The van der Waals surface area contributed by atoms with Crippen LogP contribution in [-0.4, -0.2) is 59.5 Å². The van der Waals surface area contributed by atoms with Crippen LogP contribution in [0.25, 0.3) is 17.0 Å². The predicted molar refractivity (Wildman–Crippen MR) is 135 cm³/mol. The topological polar surface area (TPSA) is 101 Å². The molecule has 0 bridgehead atoms. The average Bonchev–Trinajstić information content (AvgIpc) is 3.21. The highest BCUT2D eigenvalue weighted by Crippen LogP contribution is 2.30. The zero-order chi connectivity index (χ0) is 25.4. The summed E-state index contributed by atoms with van der Waals surface area (Å²) < 4.78 is 7.10. The van der Waals surface area contributed by atoms with Gasteiger partial charge in [0.2, 0.25) is 5.91 Å². The van der Waals surface area contributed by atoms with Crippen LogP contribution < -0.4 is 10.2 Å². The Kier molecular flexibility index (Phi) is 6.53. The second-order valence-corrected chi connectivity index (χ2v) is 9.09. The van der Waals surface area contributed by atoms with Gasteiger partial charge in [0.15, 0.2) is 0 Å². The third-order valence-corrected chi connectivity index (χ3v) is 6.79. The lowest BCUT2D eigenvalue weighted by molar-refractivity contribution is -0.135. The first-order valence-corrected chi connectivity index (χ1v) is 11.9. The highest BCUT2D eigenvalue weighted by atomic mass is 35.5. The number of nitrogens with zero attached hydrogens (tertiary/aromatic N) is 3. The van der Waals surface area contributed by atoms with Crippen LogP contribution in [0.15, 0.2) is 54.2 Å². The number of urea groups is 1. The van der Waals surface area contributed by atoms with Crippen LogP contribution in [0, 0.1) is 0 Å². The van der Waals surface area contributed by atoms with Crippen molar-refractivity contribution in [3.63, 3.8) is 0 Å². The van der Waals surface area contributed by atoms with E-state index in [1.807, 2.05) is 24.3 Å². The zero-order valence-electron chi connectivity index (χ0n) is 18.9. The average molecular weight is 527 g/mol. The van der Waals surface area contributed by atoms with Gasteiger partial charge in [-0.1, -0.05) is 41.4 Å². The van der Waals surface area contributed by atoms with Gasteiger partial charge in [0, 0.05) is 35.8 Å². The van der Waals surface area contributed by atoms with Crippen molar-refractivity contribution >= 4 is 69.6 Å². The molecule has 2 aromatic carbocycles. The molecule has 11 heteroatoms. The molecule has 0 radical (unpaired) electrons. The molecule has 2 saturated heterocycles. The number of carbonyl (C=O) groups excluding carboxylic acids is 4. The Morgan fingerprint density at radius 3 is 2.53 bits per heavy atom. The Morgan fingerprint density at radius 2 is 1.78 bits per heavy atom. The number of para-hydroxylation sites is 1. The van der Waals surface area contributed by atoms with E-state index in [2.05, 4.69) is 5.32 Å². The van der Waals surface area contributed by atoms with Gasteiger partial charge in [-0.15, -0.1) is 0 Å². The summed E-state index contributed by atoms with van der Waals surface area (Å²) in [6.45, 7) is 2.16. The first kappa shape index (κ1) is 24.1. The molecule has 0 aliphatic carbocycles. The number of carbonyl (C=O) groups is 4. The zero-order valence-corrected chi connectivity index (χ0v) is 20.4. The SMILES string of the molecule is O=C1NC(=O)N(c2ccc(Cl)c(Cl)c2)C(=O)/C1=C/c1cn(CC(=O)N2CCOCC2)c2ccccc12. The molecule has 0 unspecified atom stereocenters. The monoisotopic (exact) mass is 526 g/mol. The second-order valence-electron chi connectivity index (χ2n) is 8.28. The lowest BCUT2D eigenvalue weighted by Gasteiger charge is -2.27. The van der Waals surface area contributed by atoms with Gasteiger partial charge in [0.25, 0.3) is 11.8 Å². The van der Waals surface area contributed by atoms with Crippen molar-refractivity contribution in [2.75, 3.05) is 31.2 Å². The van der Waals surface area contributed by atoms with Gasteiger partial charge in [0.05, 0.1) is 28.9 Å². The fraction of sp³-hybridized carbons (Fsp3) is 0.200. The van der Waals surface area contributed by atoms with E-state index >= 15 is 0 Å². The number of imide groups is 2. The Bertz CT molecular complexity index is 1440. The molecule has 2 aliphatic rings. The van der Waals surface area contributed by atoms with E-state index in [9.17, 15) is 19.2 Å². The maximum absolute atomic E-state index is 13.3. The number of amides is 5. The number of aromatic nitrogens is 1. The number of rotatable bonds is 4. The Hall–Kier alpha value is -3.66. The number of nitrogens with one attached hydrogen (secondary N) is 1. The number of barbiturate groups is 1. The van der Waals surface area contributed by atoms with Crippen LogP contribution in [0.1, 0.15) is 5.56 Å². The lowest BCUT2D eigenvalue weighted by atomic mass is 10.1. The third-order valence-electron chi connectivity index (χ3n) is 6.05. The molecule has 0 spiro atoms. The largest absolute Gasteiger partial charge is 0.378 e. The molecule has 0 saturated carbocycles. The number of hydrogen-bond acceptors (Lipinski definition) is 5. The summed E-state index contributed by atoms with van der Waals surface area (Å²) in [5.41, 5.74) is 1.27. The van der Waals surface area contributed by atoms with Crippen LogP contribution in [0.5, 0.6) is 0 Å². The smallest absolute Gasteiger partial charge is 0.335 e. The summed E-state index contributed by atoms with van der Waals surface area (Å²) in [6.07, 6.45) is 3.14. The summed E-state index contributed by atoms with van der Waals surface area (Å²) in [7, 11) is 0. The minimum atomic E-state index is -0.890. The van der Waals surface area contributed by atoms with Crippen molar-refractivity contribution in [2.45, 2.75) is 6.54 Å². The summed E-state index contributed by atoms with van der Waals surface area (Å²) in [4.78, 5) is 53.9. The van der Waals surface area contributed by atoms with Crippen molar-refractivity contribution < 1.29 is 23.9 Å². The summed E-state index contributed by atoms with van der Waals surface area (Å²) in [5, 5.41) is 3.36. The minimum absolute atomic E-state index is 0.0545. The lowest BCUT2D eigenvalue weighted by Crippen LogP contribution is -2.54. The number of fused-ring (bicyclic) bond motifs is 1. The maximum Gasteiger partial charge on any atom is 0.335 e. The highest BCUT2D eigenvalue weighted by Gasteiger charge is 2.37. The molecule has 1 N–H and O–H groups in total. The predicted octanol–water partition coefficient (Wildman–Crippen LogP) is 3.47. The minimum Gasteiger partial charge on any atom is -0.378 e. The van der Waals surface area contributed by atoms with Gasteiger partial charge in [0.1, 0.15) is 12.1 Å². The Morgan fingerprint density at radius 1 is 1.03 bits per heavy atom. The highest BCUT2D eigenvalue weighted by molar-refractivity contribution is 6.43. The first-order valence-electron chi connectivity index (χ1n) is 11.1. The van der Waals surface area contributed by atoms with Crippen molar-refractivity contribution in [3.05, 3.63) is 69.8 Å². The number of anilines is 1. The molecule has 9 nitrogen and oxygen atoms in total. The molecule has 2 fully saturated rings. The van der Waals surface area contributed by atoms with Crippen molar-refractivity contribution in [1.82, 2.24) is 14.8 Å². The van der Waals surface area contributed by atoms with Gasteiger partial charge in [-0.25, -0.2) is 9.69 Å². The number of benzene rings is 2. The summed E-state index contributed by atoms with van der Waals surface area (Å²) in [5.74, 6) is -1.67. The maximum atomic E-state index is 13.3. The summed E-state index contributed by atoms with van der Waals surface area (Å²) >= 11 is 12.0. The molecule has 0 atom stereocenters. The van der Waals surface area contributed by atoms with Crippen molar-refractivity contribution in [2.24, 2.45) is 0 Å². The Labute approximate surface area is 215 Å². The molecule has 5 rings (SSSR count). The third kappa shape index (κ3) is 4.48. The van der Waals surface area contributed by atoms with Crippen LogP contribution in [-0.2, 0) is 25.7 Å². The quantitative estimate of drug-likeness (QED) is 0.414. The first-order chi connectivity index (χ1) is 17.3. The fourth-order valence-electron chi connectivity index (χ4n) is 4.25. The molecule has 1 aromatic heterocycles. The Balaban J connectivity index is 1.51. The number of hydrogen-bond donors (Lipinski definition) is 1. The van der Waals surface area contributed by atoms with Crippen LogP contribution in [0.3, 0.4) is 0 Å². The second kappa shape index (κ2) is 9.77. The molecule has 3 heterocycles. The van der Waals surface area contributed by atoms with Crippen molar-refractivity contribution in [1.29, 1.82) is 0 Å². The van der Waals surface area contributed by atoms with Crippen LogP contribution >= 0.6 is 23.2 Å². The molecule has 3 aromatic rings. The van der Waals surface area contributed by atoms with E-state index < -0.39 is 17.8 Å². The van der Waals surface area contributed by atoms with Crippen molar-refractivity contribution in [3.8, 4) is 0 Å². The van der Waals surface area contributed by atoms with Gasteiger partial charge >= 0.3 is 6.03 Å².